The van der Waals surface area contributed by atoms with Crippen LogP contribution in [-0.2, 0) is 28.6 Å². The molecule has 0 aliphatic carbocycles. The van der Waals surface area contributed by atoms with E-state index in [0.29, 0.717) is 19.3 Å². The lowest BCUT2D eigenvalue weighted by Gasteiger charge is -2.18. The Bertz CT molecular complexity index is 1370. The maximum atomic E-state index is 12.9. The summed E-state index contributed by atoms with van der Waals surface area (Å²) in [4.78, 5) is 38.2. The fraction of sp³-hybridized carbons (Fsp3) is 0.779. The van der Waals surface area contributed by atoms with Gasteiger partial charge in [0, 0.05) is 19.3 Å². The van der Waals surface area contributed by atoms with Gasteiger partial charge >= 0.3 is 17.9 Å². The van der Waals surface area contributed by atoms with Crippen molar-refractivity contribution in [2.75, 3.05) is 13.2 Å². The third kappa shape index (κ3) is 59.7. The van der Waals surface area contributed by atoms with Crippen LogP contribution in [0.2, 0.25) is 0 Å². The van der Waals surface area contributed by atoms with Gasteiger partial charge in [-0.15, -0.1) is 0 Å². The summed E-state index contributed by atoms with van der Waals surface area (Å²) in [5.74, 6) is -0.904. The number of carbonyl (C=O) groups excluding carboxylic acids is 3. The van der Waals surface area contributed by atoms with Crippen LogP contribution in [0.1, 0.15) is 323 Å². The number of ether oxygens (including phenoxy) is 3. The van der Waals surface area contributed by atoms with Gasteiger partial charge in [0.2, 0.25) is 0 Å². The maximum Gasteiger partial charge on any atom is 0.306 e. The molecule has 0 bridgehead atoms. The first-order valence-electron chi connectivity index (χ1n) is 31.9. The van der Waals surface area contributed by atoms with Gasteiger partial charge in [0.1, 0.15) is 13.2 Å². The van der Waals surface area contributed by atoms with Gasteiger partial charge in [0.05, 0.1) is 0 Å². The van der Waals surface area contributed by atoms with Crippen molar-refractivity contribution in [3.8, 4) is 0 Å². The Kier molecular flexibility index (Phi) is 59.7. The molecule has 0 aromatic rings. The molecule has 0 N–H and O–H groups in total. The van der Waals surface area contributed by atoms with Gasteiger partial charge < -0.3 is 14.2 Å². The molecule has 1 atom stereocenters. The van der Waals surface area contributed by atoms with E-state index in [0.717, 1.165) is 96.3 Å². The highest BCUT2D eigenvalue weighted by atomic mass is 16.6. The number of carbonyl (C=O) groups is 3. The smallest absolute Gasteiger partial charge is 0.306 e. The highest BCUT2D eigenvalue weighted by Gasteiger charge is 2.19. The molecule has 6 nitrogen and oxygen atoms in total. The summed E-state index contributed by atoms with van der Waals surface area (Å²) >= 11 is 0. The molecule has 0 radical (unpaired) electrons. The molecule has 6 heteroatoms. The van der Waals surface area contributed by atoms with Crippen LogP contribution in [0.15, 0.2) is 72.9 Å². The summed E-state index contributed by atoms with van der Waals surface area (Å²) in [6.45, 7) is 6.53. The first-order chi connectivity index (χ1) is 36.5. The molecule has 0 aliphatic rings. The van der Waals surface area contributed by atoms with Crippen molar-refractivity contribution in [1.29, 1.82) is 0 Å². The van der Waals surface area contributed by atoms with Gasteiger partial charge in [0.25, 0.3) is 0 Å². The molecular formula is C68H120O6. The minimum absolute atomic E-state index is 0.0858. The third-order valence-electron chi connectivity index (χ3n) is 13.9. The van der Waals surface area contributed by atoms with Crippen LogP contribution in [0.5, 0.6) is 0 Å². The van der Waals surface area contributed by atoms with E-state index in [2.05, 4.69) is 93.7 Å². The van der Waals surface area contributed by atoms with Gasteiger partial charge in [-0.3, -0.25) is 14.4 Å². The topological polar surface area (TPSA) is 78.9 Å². The molecule has 0 saturated carbocycles. The zero-order valence-electron chi connectivity index (χ0n) is 49.1. The number of rotatable bonds is 58. The maximum absolute atomic E-state index is 12.9. The summed E-state index contributed by atoms with van der Waals surface area (Å²) in [7, 11) is 0. The number of esters is 3. The van der Waals surface area contributed by atoms with E-state index in [1.807, 2.05) is 0 Å². The predicted molar refractivity (Wildman–Crippen MR) is 321 cm³/mol. The lowest BCUT2D eigenvalue weighted by Crippen LogP contribution is -2.30. The van der Waals surface area contributed by atoms with Crippen LogP contribution in [0.25, 0.3) is 0 Å². The Balaban J connectivity index is 4.31. The van der Waals surface area contributed by atoms with E-state index < -0.39 is 6.10 Å². The van der Waals surface area contributed by atoms with Crippen molar-refractivity contribution in [2.24, 2.45) is 0 Å². The molecule has 0 fully saturated rings. The molecule has 1 unspecified atom stereocenters. The molecule has 428 valence electrons. The Morgan fingerprint density at radius 1 is 0.284 bits per heavy atom. The molecule has 0 amide bonds. The molecule has 0 aromatic carbocycles. The average Bonchev–Trinajstić information content (AvgIpc) is 3.40. The quantitative estimate of drug-likeness (QED) is 0.0261. The van der Waals surface area contributed by atoms with Gasteiger partial charge in [-0.25, -0.2) is 0 Å². The van der Waals surface area contributed by atoms with Crippen LogP contribution in [0.4, 0.5) is 0 Å². The third-order valence-corrected chi connectivity index (χ3v) is 13.9. The second-order valence-electron chi connectivity index (χ2n) is 21.3. The van der Waals surface area contributed by atoms with E-state index in [-0.39, 0.29) is 31.1 Å². The second kappa shape index (κ2) is 62.4. The standard InChI is InChI=1S/C68H120O6/c1-4-7-10-13-16-19-22-25-27-29-31-32-33-34-35-36-38-39-41-43-46-49-52-55-58-61-67(70)73-64-65(63-72-66(69)60-57-54-51-48-45-24-21-18-15-12-9-6-3)74-68(71)62-59-56-53-50-47-44-42-40-37-30-28-26-23-20-17-14-11-8-5-2/h8,11,17,20,26,28-29,31,37,40,44,47,65H,4-7,9-10,12-16,18-19,21-25,27,30,32-36,38-39,41-43,45-46,48-64H2,1-3H3/b11-8-,20-17-,28-26-,31-29-,40-37-,47-44-. The van der Waals surface area contributed by atoms with Crippen molar-refractivity contribution >= 4 is 17.9 Å². The van der Waals surface area contributed by atoms with E-state index in [1.165, 1.54) is 186 Å². The minimum atomic E-state index is -0.792. The summed E-state index contributed by atoms with van der Waals surface area (Å²) in [6.07, 6.45) is 80.6. The van der Waals surface area contributed by atoms with Gasteiger partial charge in [-0.05, 0) is 89.9 Å². The molecule has 0 heterocycles. The molecule has 0 aliphatic heterocycles. The van der Waals surface area contributed by atoms with E-state index >= 15 is 0 Å². The fourth-order valence-electron chi connectivity index (χ4n) is 9.17. The Labute approximate surface area is 459 Å². The predicted octanol–water partition coefficient (Wildman–Crippen LogP) is 21.7. The Morgan fingerprint density at radius 3 is 0.851 bits per heavy atom. The van der Waals surface area contributed by atoms with Crippen LogP contribution in [0.3, 0.4) is 0 Å². The SMILES string of the molecule is CC/C=C\C/C=C\C/C=C\C/C=C\C/C=C\CCCCCC(=O)OC(COC(=O)CCCCCCCCCCCCCC)COC(=O)CCCCCCCCCCCCCCC/C=C\CCCCCCCCCC. The Hall–Kier alpha value is -3.15. The number of allylic oxidation sites excluding steroid dienone is 12. The van der Waals surface area contributed by atoms with Gasteiger partial charge in [0.15, 0.2) is 6.10 Å². The number of unbranched alkanes of at least 4 members (excludes halogenated alkanes) is 35. The second-order valence-corrected chi connectivity index (χ2v) is 21.3. The lowest BCUT2D eigenvalue weighted by molar-refractivity contribution is -0.167. The summed E-state index contributed by atoms with van der Waals surface area (Å²) in [6, 6.07) is 0. The number of hydrogen-bond acceptors (Lipinski definition) is 6. The van der Waals surface area contributed by atoms with Crippen LogP contribution in [0, 0.1) is 0 Å². The van der Waals surface area contributed by atoms with Crippen molar-refractivity contribution in [2.45, 2.75) is 329 Å². The first kappa shape index (κ1) is 70.8. The van der Waals surface area contributed by atoms with Crippen molar-refractivity contribution in [3.63, 3.8) is 0 Å². The van der Waals surface area contributed by atoms with E-state index in [9.17, 15) is 14.4 Å². The zero-order chi connectivity index (χ0) is 53.6. The zero-order valence-corrected chi connectivity index (χ0v) is 49.1. The lowest BCUT2D eigenvalue weighted by atomic mass is 10.0. The van der Waals surface area contributed by atoms with Crippen molar-refractivity contribution in [3.05, 3.63) is 72.9 Å². The van der Waals surface area contributed by atoms with Crippen molar-refractivity contribution < 1.29 is 28.6 Å². The largest absolute Gasteiger partial charge is 0.462 e. The van der Waals surface area contributed by atoms with E-state index in [4.69, 9.17) is 14.2 Å². The van der Waals surface area contributed by atoms with E-state index in [1.54, 1.807) is 0 Å². The monoisotopic (exact) mass is 1030 g/mol. The molecule has 0 aromatic heterocycles. The normalized spacial score (nSPS) is 12.5. The highest BCUT2D eigenvalue weighted by molar-refractivity contribution is 5.71. The summed E-state index contributed by atoms with van der Waals surface area (Å²) in [5, 5.41) is 0. The van der Waals surface area contributed by atoms with Gasteiger partial charge in [-0.1, -0.05) is 286 Å². The van der Waals surface area contributed by atoms with Crippen LogP contribution in [-0.4, -0.2) is 37.2 Å². The van der Waals surface area contributed by atoms with Crippen LogP contribution >= 0.6 is 0 Å². The number of hydrogen-bond donors (Lipinski definition) is 0. The van der Waals surface area contributed by atoms with Crippen molar-refractivity contribution in [1.82, 2.24) is 0 Å². The summed E-state index contributed by atoms with van der Waals surface area (Å²) < 4.78 is 16.9. The fourth-order valence-corrected chi connectivity index (χ4v) is 9.17. The van der Waals surface area contributed by atoms with Gasteiger partial charge in [-0.2, -0.15) is 0 Å². The van der Waals surface area contributed by atoms with Crippen LogP contribution < -0.4 is 0 Å². The molecule has 74 heavy (non-hydrogen) atoms. The first-order valence-corrected chi connectivity index (χ1v) is 31.9. The Morgan fingerprint density at radius 2 is 0.527 bits per heavy atom. The molecular weight excluding hydrogens is 913 g/mol. The summed E-state index contributed by atoms with van der Waals surface area (Å²) in [5.41, 5.74) is 0. The average molecular weight is 1030 g/mol. The molecule has 0 saturated heterocycles. The minimum Gasteiger partial charge on any atom is -0.462 e. The highest BCUT2D eigenvalue weighted by Crippen LogP contribution is 2.17. The molecule has 0 rings (SSSR count). The molecule has 0 spiro atoms.